The molecule has 2 fully saturated rings. The number of nitrogens with one attached hydrogen (secondary N) is 1. The molecule has 1 amide bonds. The Morgan fingerprint density at radius 3 is 2.90 bits per heavy atom. The summed E-state index contributed by atoms with van der Waals surface area (Å²) in [5.74, 6) is 2.83. The van der Waals surface area contributed by atoms with Gasteiger partial charge in [-0.15, -0.1) is 12.4 Å². The van der Waals surface area contributed by atoms with Crippen LogP contribution in [0.5, 0.6) is 0 Å². The minimum Gasteiger partial charge on any atom is -0.333 e. The van der Waals surface area contributed by atoms with Crippen molar-refractivity contribution >= 4 is 30.1 Å². The maximum absolute atomic E-state index is 12.8. The van der Waals surface area contributed by atoms with Crippen molar-refractivity contribution in [2.24, 2.45) is 5.92 Å². The Labute approximate surface area is 136 Å². The predicted molar refractivity (Wildman–Crippen MR) is 88.9 cm³/mol. The Balaban J connectivity index is 0.00000161. The van der Waals surface area contributed by atoms with E-state index < -0.39 is 0 Å². The minimum atomic E-state index is 0. The lowest BCUT2D eigenvalue weighted by molar-refractivity contribution is -0.139. The average Bonchev–Trinajstić information content (AvgIpc) is 2.56. The SMILES string of the molecule is Cl.O=C(C1CCSCC1)N1CCNCC1c1cccnc1. The molecule has 3 heterocycles. The van der Waals surface area contributed by atoms with Crippen molar-refractivity contribution < 1.29 is 4.79 Å². The quantitative estimate of drug-likeness (QED) is 0.903. The average molecular weight is 328 g/mol. The van der Waals surface area contributed by atoms with Gasteiger partial charge in [0.05, 0.1) is 6.04 Å². The molecule has 2 saturated heterocycles. The van der Waals surface area contributed by atoms with E-state index in [1.54, 1.807) is 6.20 Å². The van der Waals surface area contributed by atoms with Crippen LogP contribution in [0, 0.1) is 5.92 Å². The highest BCUT2D eigenvalue weighted by atomic mass is 35.5. The Hall–Kier alpha value is -0.780. The zero-order valence-corrected chi connectivity index (χ0v) is 13.7. The number of thioether (sulfide) groups is 1. The van der Waals surface area contributed by atoms with E-state index in [1.165, 1.54) is 0 Å². The molecular formula is C15H22ClN3OS. The van der Waals surface area contributed by atoms with Crippen LogP contribution in [0.1, 0.15) is 24.4 Å². The molecule has 1 unspecified atom stereocenters. The van der Waals surface area contributed by atoms with Crippen LogP contribution >= 0.6 is 24.2 Å². The number of carbonyl (C=O) groups is 1. The number of piperazine rings is 1. The van der Waals surface area contributed by atoms with Gasteiger partial charge in [-0.05, 0) is 36.0 Å². The summed E-state index contributed by atoms with van der Waals surface area (Å²) in [7, 11) is 0. The van der Waals surface area contributed by atoms with E-state index in [2.05, 4.69) is 21.3 Å². The molecule has 6 heteroatoms. The number of hydrogen-bond acceptors (Lipinski definition) is 4. The van der Waals surface area contributed by atoms with Crippen LogP contribution in [-0.2, 0) is 4.79 Å². The Bertz CT molecular complexity index is 453. The first-order valence-corrected chi connectivity index (χ1v) is 8.50. The maximum atomic E-state index is 12.8. The van der Waals surface area contributed by atoms with Gasteiger partial charge in [-0.1, -0.05) is 6.07 Å². The van der Waals surface area contributed by atoms with Crippen molar-refractivity contribution in [3.63, 3.8) is 0 Å². The summed E-state index contributed by atoms with van der Waals surface area (Å²) in [6.07, 6.45) is 5.74. The standard InChI is InChI=1S/C15H21N3OS.ClH/c19-15(12-3-8-20-9-4-12)18-7-6-17-11-14(18)13-2-1-5-16-10-13;/h1-2,5,10,12,14,17H,3-4,6-9,11H2;1H. The fraction of sp³-hybridized carbons (Fsp3) is 0.600. The van der Waals surface area contributed by atoms with Crippen LogP contribution < -0.4 is 5.32 Å². The van der Waals surface area contributed by atoms with Crippen LogP contribution in [0.25, 0.3) is 0 Å². The largest absolute Gasteiger partial charge is 0.333 e. The van der Waals surface area contributed by atoms with Crippen molar-refractivity contribution in [3.05, 3.63) is 30.1 Å². The van der Waals surface area contributed by atoms with Crippen molar-refractivity contribution in [1.82, 2.24) is 15.2 Å². The number of carbonyl (C=O) groups excluding carboxylic acids is 1. The van der Waals surface area contributed by atoms with Crippen LogP contribution in [-0.4, -0.2) is 46.9 Å². The lowest BCUT2D eigenvalue weighted by Crippen LogP contribution is -2.50. The van der Waals surface area contributed by atoms with Crippen molar-refractivity contribution in [2.75, 3.05) is 31.1 Å². The van der Waals surface area contributed by atoms with E-state index >= 15 is 0 Å². The lowest BCUT2D eigenvalue weighted by atomic mass is 9.97. The monoisotopic (exact) mass is 327 g/mol. The van der Waals surface area contributed by atoms with Crippen LogP contribution in [0.2, 0.25) is 0 Å². The molecule has 1 atom stereocenters. The van der Waals surface area contributed by atoms with Gasteiger partial charge in [0.25, 0.3) is 0 Å². The molecule has 0 saturated carbocycles. The summed E-state index contributed by atoms with van der Waals surface area (Å²) in [6.45, 7) is 2.53. The maximum Gasteiger partial charge on any atom is 0.226 e. The highest BCUT2D eigenvalue weighted by Crippen LogP contribution is 2.29. The second-order valence-electron chi connectivity index (χ2n) is 5.42. The van der Waals surface area contributed by atoms with Gasteiger partial charge in [-0.3, -0.25) is 9.78 Å². The third kappa shape index (κ3) is 3.90. The number of hydrogen-bond donors (Lipinski definition) is 1. The molecule has 2 aliphatic heterocycles. The van der Waals surface area contributed by atoms with Gasteiger partial charge < -0.3 is 10.2 Å². The van der Waals surface area contributed by atoms with Gasteiger partial charge in [0.15, 0.2) is 0 Å². The number of aromatic nitrogens is 1. The Morgan fingerprint density at radius 2 is 2.19 bits per heavy atom. The smallest absolute Gasteiger partial charge is 0.226 e. The fourth-order valence-corrected chi connectivity index (χ4v) is 4.12. The van der Waals surface area contributed by atoms with E-state index in [0.29, 0.717) is 5.91 Å². The number of pyridine rings is 1. The summed E-state index contributed by atoms with van der Waals surface area (Å²) in [6, 6.07) is 4.16. The first-order chi connectivity index (χ1) is 9.86. The topological polar surface area (TPSA) is 45.2 Å². The van der Waals surface area contributed by atoms with Crippen molar-refractivity contribution in [2.45, 2.75) is 18.9 Å². The summed E-state index contributed by atoms with van der Waals surface area (Å²) in [4.78, 5) is 19.1. The van der Waals surface area contributed by atoms with Gasteiger partial charge in [0.2, 0.25) is 5.91 Å². The predicted octanol–water partition coefficient (Wildman–Crippen LogP) is 2.12. The Kier molecular flexibility index (Phi) is 6.33. The Morgan fingerprint density at radius 1 is 1.38 bits per heavy atom. The third-order valence-corrected chi connectivity index (χ3v) is 5.21. The number of rotatable bonds is 2. The number of nitrogens with zero attached hydrogens (tertiary/aromatic N) is 2. The molecule has 0 bridgehead atoms. The van der Waals surface area contributed by atoms with E-state index in [1.807, 2.05) is 24.0 Å². The molecule has 4 nitrogen and oxygen atoms in total. The zero-order valence-electron chi connectivity index (χ0n) is 12.0. The molecule has 3 rings (SSSR count). The van der Waals surface area contributed by atoms with Gasteiger partial charge in [0, 0.05) is 37.9 Å². The van der Waals surface area contributed by atoms with Gasteiger partial charge >= 0.3 is 0 Å². The molecule has 1 N–H and O–H groups in total. The van der Waals surface area contributed by atoms with Gasteiger partial charge in [-0.2, -0.15) is 11.8 Å². The highest BCUT2D eigenvalue weighted by molar-refractivity contribution is 7.99. The highest BCUT2D eigenvalue weighted by Gasteiger charge is 2.32. The van der Waals surface area contributed by atoms with E-state index in [9.17, 15) is 4.79 Å². The molecular weight excluding hydrogens is 306 g/mol. The normalized spacial score (nSPS) is 23.4. The summed E-state index contributed by atoms with van der Waals surface area (Å²) in [5.41, 5.74) is 1.14. The van der Waals surface area contributed by atoms with E-state index in [4.69, 9.17) is 0 Å². The molecule has 0 radical (unpaired) electrons. The van der Waals surface area contributed by atoms with Gasteiger partial charge in [0.1, 0.15) is 0 Å². The second kappa shape index (κ2) is 8.01. The third-order valence-electron chi connectivity index (χ3n) is 4.17. The first kappa shape index (κ1) is 16.6. The molecule has 0 spiro atoms. The van der Waals surface area contributed by atoms with Crippen molar-refractivity contribution in [3.8, 4) is 0 Å². The summed E-state index contributed by atoms with van der Waals surface area (Å²) >= 11 is 1.97. The fourth-order valence-electron chi connectivity index (χ4n) is 3.02. The molecule has 0 aliphatic carbocycles. The van der Waals surface area contributed by atoms with Gasteiger partial charge in [-0.25, -0.2) is 0 Å². The molecule has 0 aromatic carbocycles. The molecule has 2 aliphatic rings. The number of amides is 1. The molecule has 1 aromatic heterocycles. The number of halogens is 1. The zero-order chi connectivity index (χ0) is 13.8. The first-order valence-electron chi connectivity index (χ1n) is 7.35. The summed E-state index contributed by atoms with van der Waals surface area (Å²) in [5, 5.41) is 3.40. The second-order valence-corrected chi connectivity index (χ2v) is 6.65. The van der Waals surface area contributed by atoms with Crippen LogP contribution in [0.3, 0.4) is 0 Å². The molecule has 21 heavy (non-hydrogen) atoms. The minimum absolute atomic E-state index is 0. The molecule has 116 valence electrons. The van der Waals surface area contributed by atoms with E-state index in [-0.39, 0.29) is 24.4 Å². The lowest BCUT2D eigenvalue weighted by Gasteiger charge is -2.39. The van der Waals surface area contributed by atoms with Crippen LogP contribution in [0.4, 0.5) is 0 Å². The van der Waals surface area contributed by atoms with Crippen LogP contribution in [0.15, 0.2) is 24.5 Å². The van der Waals surface area contributed by atoms with Crippen molar-refractivity contribution in [1.29, 1.82) is 0 Å². The van der Waals surface area contributed by atoms with E-state index in [0.717, 1.165) is 49.5 Å². The summed E-state index contributed by atoms with van der Waals surface area (Å²) < 4.78 is 0. The molecule has 1 aromatic rings.